The van der Waals surface area contributed by atoms with Gasteiger partial charge in [0.15, 0.2) is 5.11 Å². The quantitative estimate of drug-likeness (QED) is 0.563. The van der Waals surface area contributed by atoms with Crippen LogP contribution in [0.4, 0.5) is 5.95 Å². The number of thiocarbonyl (C=S) groups is 1. The molecule has 0 unspecified atom stereocenters. The Morgan fingerprint density at radius 3 is 2.79 bits per heavy atom. The van der Waals surface area contributed by atoms with E-state index in [2.05, 4.69) is 26.1 Å². The minimum absolute atomic E-state index is 0.261. The third kappa shape index (κ3) is 4.60. The first-order chi connectivity index (χ1) is 9.13. The molecule has 6 nitrogen and oxygen atoms in total. The molecule has 0 bridgehead atoms. The van der Waals surface area contributed by atoms with Crippen molar-refractivity contribution in [2.75, 3.05) is 18.6 Å². The van der Waals surface area contributed by atoms with Crippen molar-refractivity contribution in [3.63, 3.8) is 0 Å². The van der Waals surface area contributed by atoms with E-state index in [1.165, 1.54) is 0 Å². The largest absolute Gasteiger partial charge is 0.376 e. The average molecular weight is 281 g/mol. The zero-order valence-corrected chi connectivity index (χ0v) is 12.0. The topological polar surface area (TPSA) is 71.1 Å². The van der Waals surface area contributed by atoms with Crippen LogP contribution in [0.1, 0.15) is 24.2 Å². The van der Waals surface area contributed by atoms with Crippen molar-refractivity contribution in [3.8, 4) is 0 Å². The second-order valence-electron chi connectivity index (χ2n) is 4.57. The maximum atomic E-state index is 5.50. The van der Waals surface area contributed by atoms with Crippen LogP contribution in [0.25, 0.3) is 0 Å². The molecule has 0 radical (unpaired) electrons. The molecule has 1 saturated heterocycles. The van der Waals surface area contributed by atoms with Crippen molar-refractivity contribution < 1.29 is 4.74 Å². The highest BCUT2D eigenvalue weighted by atomic mass is 32.1. The van der Waals surface area contributed by atoms with Gasteiger partial charge in [-0.2, -0.15) is 0 Å². The first-order valence-corrected chi connectivity index (χ1v) is 6.78. The maximum Gasteiger partial charge on any atom is 0.242 e. The maximum absolute atomic E-state index is 5.50. The van der Waals surface area contributed by atoms with Gasteiger partial charge >= 0.3 is 0 Å². The van der Waals surface area contributed by atoms with E-state index < -0.39 is 0 Å². The normalized spacial score (nSPS) is 18.1. The third-order valence-corrected chi connectivity index (χ3v) is 3.03. The van der Waals surface area contributed by atoms with Gasteiger partial charge in [0, 0.05) is 24.5 Å². The number of rotatable bonds is 4. The number of ether oxygens (including phenoxy) is 1. The highest BCUT2D eigenvalue weighted by molar-refractivity contribution is 7.80. The third-order valence-electron chi connectivity index (χ3n) is 2.78. The van der Waals surface area contributed by atoms with Crippen molar-refractivity contribution in [2.24, 2.45) is 0 Å². The lowest BCUT2D eigenvalue weighted by atomic mass is 10.2. The SMILES string of the molecule is Cc1cc(C)nc(NNC(=S)NC[C@H]2CCCO2)n1. The molecule has 1 aromatic rings. The number of anilines is 1. The van der Waals surface area contributed by atoms with Crippen molar-refractivity contribution >= 4 is 23.3 Å². The number of hydrazine groups is 1. The van der Waals surface area contributed by atoms with Gasteiger partial charge in [0.25, 0.3) is 0 Å². The molecular weight excluding hydrogens is 262 g/mol. The summed E-state index contributed by atoms with van der Waals surface area (Å²) in [4.78, 5) is 8.49. The molecule has 1 aliphatic heterocycles. The van der Waals surface area contributed by atoms with E-state index in [0.29, 0.717) is 11.1 Å². The van der Waals surface area contributed by atoms with Crippen LogP contribution in [-0.2, 0) is 4.74 Å². The lowest BCUT2D eigenvalue weighted by molar-refractivity contribution is 0.114. The summed E-state index contributed by atoms with van der Waals surface area (Å²) >= 11 is 5.16. The van der Waals surface area contributed by atoms with Gasteiger partial charge in [0.05, 0.1) is 6.10 Å². The Bertz CT molecular complexity index is 427. The van der Waals surface area contributed by atoms with E-state index in [1.54, 1.807) is 0 Å². The van der Waals surface area contributed by atoms with Crippen molar-refractivity contribution in [1.29, 1.82) is 0 Å². The molecule has 0 aromatic carbocycles. The van der Waals surface area contributed by atoms with Gasteiger partial charge < -0.3 is 10.1 Å². The fraction of sp³-hybridized carbons (Fsp3) is 0.583. The zero-order valence-electron chi connectivity index (χ0n) is 11.2. The number of aryl methyl sites for hydroxylation is 2. The van der Waals surface area contributed by atoms with E-state index >= 15 is 0 Å². The molecule has 2 rings (SSSR count). The number of aromatic nitrogens is 2. The van der Waals surface area contributed by atoms with E-state index in [-0.39, 0.29) is 6.10 Å². The van der Waals surface area contributed by atoms with Gasteiger partial charge in [0.1, 0.15) is 0 Å². The lowest BCUT2D eigenvalue weighted by Crippen LogP contribution is -2.42. The average Bonchev–Trinajstić information content (AvgIpc) is 2.86. The van der Waals surface area contributed by atoms with Crippen molar-refractivity contribution in [3.05, 3.63) is 17.5 Å². The van der Waals surface area contributed by atoms with Gasteiger partial charge in [0.2, 0.25) is 5.95 Å². The van der Waals surface area contributed by atoms with E-state index in [4.69, 9.17) is 17.0 Å². The van der Waals surface area contributed by atoms with Gasteiger partial charge in [-0.3, -0.25) is 10.9 Å². The Kier molecular flexibility index (Phi) is 4.86. The van der Waals surface area contributed by atoms with Crippen LogP contribution >= 0.6 is 12.2 Å². The molecule has 0 spiro atoms. The first kappa shape index (κ1) is 14.0. The van der Waals surface area contributed by atoms with Gasteiger partial charge in [-0.05, 0) is 45.0 Å². The molecule has 0 aliphatic carbocycles. The molecule has 3 N–H and O–H groups in total. The summed E-state index contributed by atoms with van der Waals surface area (Å²) in [5.74, 6) is 0.513. The minimum Gasteiger partial charge on any atom is -0.376 e. The number of nitrogens with zero attached hydrogens (tertiary/aromatic N) is 2. The van der Waals surface area contributed by atoms with Crippen molar-refractivity contribution in [1.82, 2.24) is 20.7 Å². The van der Waals surface area contributed by atoms with E-state index in [0.717, 1.165) is 37.4 Å². The number of hydrogen-bond donors (Lipinski definition) is 3. The Morgan fingerprint density at radius 1 is 1.42 bits per heavy atom. The monoisotopic (exact) mass is 281 g/mol. The van der Waals surface area contributed by atoms with Gasteiger partial charge in [-0.25, -0.2) is 9.97 Å². The Labute approximate surface area is 118 Å². The van der Waals surface area contributed by atoms with Gasteiger partial charge in [-0.15, -0.1) is 0 Å². The fourth-order valence-corrected chi connectivity index (χ4v) is 2.08. The predicted octanol–water partition coefficient (Wildman–Crippen LogP) is 1.06. The van der Waals surface area contributed by atoms with Crippen LogP contribution in [-0.4, -0.2) is 34.3 Å². The van der Waals surface area contributed by atoms with E-state index in [9.17, 15) is 0 Å². The van der Waals surface area contributed by atoms with Crippen LogP contribution in [0, 0.1) is 13.8 Å². The summed E-state index contributed by atoms with van der Waals surface area (Å²) in [6.07, 6.45) is 2.47. The zero-order chi connectivity index (χ0) is 13.7. The summed E-state index contributed by atoms with van der Waals surface area (Å²) in [6, 6.07) is 1.92. The molecule has 1 aromatic heterocycles. The molecule has 104 valence electrons. The minimum atomic E-state index is 0.261. The highest BCUT2D eigenvalue weighted by Crippen LogP contribution is 2.10. The van der Waals surface area contributed by atoms with Crippen molar-refractivity contribution in [2.45, 2.75) is 32.8 Å². The van der Waals surface area contributed by atoms with Gasteiger partial charge in [-0.1, -0.05) is 0 Å². The molecule has 0 amide bonds. The molecular formula is C12H19N5OS. The van der Waals surface area contributed by atoms with Crippen LogP contribution in [0.3, 0.4) is 0 Å². The second kappa shape index (κ2) is 6.63. The summed E-state index contributed by atoms with van der Waals surface area (Å²) in [5.41, 5.74) is 7.58. The Hall–Kier alpha value is -1.47. The molecule has 7 heteroatoms. The van der Waals surface area contributed by atoms with E-state index in [1.807, 2.05) is 19.9 Å². The smallest absolute Gasteiger partial charge is 0.242 e. The summed E-state index contributed by atoms with van der Waals surface area (Å²) in [5, 5.41) is 3.61. The number of hydrogen-bond acceptors (Lipinski definition) is 5. The van der Waals surface area contributed by atoms with Crippen LogP contribution < -0.4 is 16.2 Å². The Morgan fingerprint density at radius 2 is 2.16 bits per heavy atom. The molecule has 1 aliphatic rings. The molecule has 2 heterocycles. The summed E-state index contributed by atoms with van der Waals surface area (Å²) < 4.78 is 5.50. The molecule has 1 atom stereocenters. The lowest BCUT2D eigenvalue weighted by Gasteiger charge is -2.14. The molecule has 0 saturated carbocycles. The fourth-order valence-electron chi connectivity index (χ4n) is 1.95. The standard InChI is InChI=1S/C12H19N5OS/c1-8-6-9(2)15-11(14-8)16-17-12(19)13-7-10-4-3-5-18-10/h6,10H,3-5,7H2,1-2H3,(H2,13,17,19)(H,14,15,16)/t10-/m1/s1. The van der Waals surface area contributed by atoms with Crippen LogP contribution in [0.2, 0.25) is 0 Å². The number of nitrogens with one attached hydrogen (secondary N) is 3. The first-order valence-electron chi connectivity index (χ1n) is 6.37. The molecule has 1 fully saturated rings. The van der Waals surface area contributed by atoms with Crippen LogP contribution in [0.5, 0.6) is 0 Å². The summed E-state index contributed by atoms with van der Waals surface area (Å²) in [7, 11) is 0. The highest BCUT2D eigenvalue weighted by Gasteiger charge is 2.15. The summed E-state index contributed by atoms with van der Waals surface area (Å²) in [6.45, 7) is 5.42. The van der Waals surface area contributed by atoms with Crippen LogP contribution in [0.15, 0.2) is 6.07 Å². The predicted molar refractivity (Wildman–Crippen MR) is 77.8 cm³/mol. The Balaban J connectivity index is 1.73. The second-order valence-corrected chi connectivity index (χ2v) is 4.98. The molecule has 19 heavy (non-hydrogen) atoms.